The molecule has 0 saturated carbocycles. The van der Waals surface area contributed by atoms with Crippen LogP contribution in [0, 0.1) is 13.8 Å². The van der Waals surface area contributed by atoms with E-state index in [2.05, 4.69) is 15.5 Å². The molecular formula is C14H21N5O2S. The fraction of sp³-hybridized carbons (Fsp3) is 0.429. The molecule has 8 heteroatoms. The summed E-state index contributed by atoms with van der Waals surface area (Å²) < 4.78 is 27.7. The smallest absolute Gasteiger partial charge is 0.242 e. The summed E-state index contributed by atoms with van der Waals surface area (Å²) in [6.07, 6.45) is 0. The first-order chi connectivity index (χ1) is 10.2. The first-order valence-electron chi connectivity index (χ1n) is 6.85. The Kier molecular flexibility index (Phi) is 4.52. The molecule has 1 aromatic carbocycles. The highest BCUT2D eigenvalue weighted by Crippen LogP contribution is 2.22. The average Bonchev–Trinajstić information content (AvgIpc) is 2.77. The number of hydrogen-bond acceptors (Lipinski definition) is 5. The highest BCUT2D eigenvalue weighted by molar-refractivity contribution is 7.89. The normalized spacial score (nSPS) is 11.9. The van der Waals surface area contributed by atoms with Gasteiger partial charge in [-0.05, 0) is 31.5 Å². The van der Waals surface area contributed by atoms with Crippen LogP contribution in [-0.2, 0) is 23.6 Å². The molecule has 0 aliphatic rings. The van der Waals surface area contributed by atoms with Crippen LogP contribution in [0.2, 0.25) is 0 Å². The molecule has 0 spiro atoms. The minimum absolute atomic E-state index is 0.302. The van der Waals surface area contributed by atoms with E-state index in [4.69, 9.17) is 0 Å². The van der Waals surface area contributed by atoms with Crippen LogP contribution in [0.3, 0.4) is 0 Å². The molecule has 120 valence electrons. The lowest BCUT2D eigenvalue weighted by Gasteiger charge is -2.15. The van der Waals surface area contributed by atoms with E-state index in [1.165, 1.54) is 18.4 Å². The van der Waals surface area contributed by atoms with E-state index >= 15 is 0 Å². The molecule has 0 radical (unpaired) electrons. The van der Waals surface area contributed by atoms with Crippen LogP contribution >= 0.6 is 0 Å². The van der Waals surface area contributed by atoms with Gasteiger partial charge in [-0.15, -0.1) is 10.2 Å². The number of aromatic nitrogens is 3. The van der Waals surface area contributed by atoms with Crippen molar-refractivity contribution in [2.75, 3.05) is 19.4 Å². The van der Waals surface area contributed by atoms with Gasteiger partial charge in [0.25, 0.3) is 0 Å². The second-order valence-corrected chi connectivity index (χ2v) is 7.46. The van der Waals surface area contributed by atoms with Gasteiger partial charge >= 0.3 is 0 Å². The first kappa shape index (κ1) is 16.4. The molecular weight excluding hydrogens is 302 g/mol. The lowest BCUT2D eigenvalue weighted by atomic mass is 10.2. The molecule has 0 atom stereocenters. The van der Waals surface area contributed by atoms with Crippen LogP contribution in [0.5, 0.6) is 0 Å². The fourth-order valence-electron chi connectivity index (χ4n) is 1.97. The van der Waals surface area contributed by atoms with Crippen LogP contribution in [0.4, 0.5) is 5.69 Å². The Balaban J connectivity index is 2.25. The van der Waals surface area contributed by atoms with Crippen molar-refractivity contribution < 1.29 is 8.42 Å². The van der Waals surface area contributed by atoms with E-state index in [1.807, 2.05) is 24.6 Å². The van der Waals surface area contributed by atoms with E-state index in [-0.39, 0.29) is 0 Å². The number of benzene rings is 1. The molecule has 7 nitrogen and oxygen atoms in total. The fourth-order valence-corrected chi connectivity index (χ4v) is 3.11. The van der Waals surface area contributed by atoms with Crippen LogP contribution in [0.1, 0.15) is 17.2 Å². The van der Waals surface area contributed by atoms with Gasteiger partial charge in [-0.3, -0.25) is 0 Å². The monoisotopic (exact) mass is 323 g/mol. The summed E-state index contributed by atoms with van der Waals surface area (Å²) in [6, 6.07) is 5.29. The topological polar surface area (TPSA) is 80.1 Å². The van der Waals surface area contributed by atoms with E-state index in [9.17, 15) is 8.42 Å². The molecule has 0 aliphatic carbocycles. The Hall–Kier alpha value is -1.93. The molecule has 0 saturated heterocycles. The third-order valence-electron chi connectivity index (χ3n) is 3.58. The van der Waals surface area contributed by atoms with Gasteiger partial charge in [0.2, 0.25) is 10.0 Å². The van der Waals surface area contributed by atoms with Gasteiger partial charge in [-0.2, -0.15) is 0 Å². The Morgan fingerprint density at radius 2 is 1.91 bits per heavy atom. The van der Waals surface area contributed by atoms with Crippen molar-refractivity contribution in [2.24, 2.45) is 7.05 Å². The van der Waals surface area contributed by atoms with Gasteiger partial charge < -0.3 is 9.88 Å². The summed E-state index contributed by atoms with van der Waals surface area (Å²) in [7, 11) is 1.49. The lowest BCUT2D eigenvalue weighted by molar-refractivity contribution is 0.520. The second-order valence-electron chi connectivity index (χ2n) is 5.34. The molecule has 0 aliphatic heterocycles. The van der Waals surface area contributed by atoms with Crippen molar-refractivity contribution >= 4 is 15.7 Å². The maximum Gasteiger partial charge on any atom is 0.242 e. The van der Waals surface area contributed by atoms with Gasteiger partial charge in [-0.1, -0.05) is 6.07 Å². The van der Waals surface area contributed by atoms with Gasteiger partial charge in [0.15, 0.2) is 5.82 Å². The highest BCUT2D eigenvalue weighted by Gasteiger charge is 2.20. The number of aryl methyl sites for hydroxylation is 2. The summed E-state index contributed by atoms with van der Waals surface area (Å²) in [5.74, 6) is 1.62. The van der Waals surface area contributed by atoms with Crippen molar-refractivity contribution in [3.63, 3.8) is 0 Å². The zero-order chi connectivity index (χ0) is 16.5. The predicted octanol–water partition coefficient (Wildman–Crippen LogP) is 1.29. The summed E-state index contributed by atoms with van der Waals surface area (Å²) >= 11 is 0. The minimum atomic E-state index is -3.46. The van der Waals surface area contributed by atoms with E-state index in [0.29, 0.717) is 17.0 Å². The Morgan fingerprint density at radius 3 is 2.45 bits per heavy atom. The van der Waals surface area contributed by atoms with Gasteiger partial charge in [0, 0.05) is 26.8 Å². The number of nitrogens with one attached hydrogen (secondary N) is 1. The van der Waals surface area contributed by atoms with Crippen molar-refractivity contribution in [1.82, 2.24) is 19.1 Å². The highest BCUT2D eigenvalue weighted by atomic mass is 32.2. The summed E-state index contributed by atoms with van der Waals surface area (Å²) in [5, 5.41) is 11.3. The molecule has 0 fully saturated rings. The van der Waals surface area contributed by atoms with E-state index in [0.717, 1.165) is 17.3 Å². The number of nitrogens with zero attached hydrogens (tertiary/aromatic N) is 4. The summed E-state index contributed by atoms with van der Waals surface area (Å²) in [4.78, 5) is 0.302. The van der Waals surface area contributed by atoms with Crippen molar-refractivity contribution in [3.8, 4) is 0 Å². The SMILES string of the molecule is Cc1ccc(NCc2nnc(C)n2C)cc1S(=O)(=O)N(C)C. The molecule has 2 rings (SSSR count). The zero-order valence-electron chi connectivity index (χ0n) is 13.5. The number of rotatable bonds is 5. The average molecular weight is 323 g/mol. The van der Waals surface area contributed by atoms with Crippen LogP contribution in [-0.4, -0.2) is 41.6 Å². The molecule has 2 aromatic rings. The molecule has 1 N–H and O–H groups in total. The Labute approximate surface area is 131 Å². The first-order valence-corrected chi connectivity index (χ1v) is 8.29. The van der Waals surface area contributed by atoms with E-state index < -0.39 is 10.0 Å². The van der Waals surface area contributed by atoms with E-state index in [1.54, 1.807) is 19.1 Å². The Bertz CT molecular complexity index is 781. The van der Waals surface area contributed by atoms with Gasteiger partial charge in [0.05, 0.1) is 11.4 Å². The summed E-state index contributed by atoms with van der Waals surface area (Å²) in [5.41, 5.74) is 1.44. The molecule has 0 bridgehead atoms. The summed E-state index contributed by atoms with van der Waals surface area (Å²) in [6.45, 7) is 4.14. The van der Waals surface area contributed by atoms with Crippen LogP contribution in [0.25, 0.3) is 0 Å². The van der Waals surface area contributed by atoms with Crippen molar-refractivity contribution in [1.29, 1.82) is 0 Å². The van der Waals surface area contributed by atoms with Crippen LogP contribution in [0.15, 0.2) is 23.1 Å². The molecule has 1 aromatic heterocycles. The zero-order valence-corrected chi connectivity index (χ0v) is 14.3. The number of hydrogen-bond donors (Lipinski definition) is 1. The third kappa shape index (κ3) is 3.12. The third-order valence-corrected chi connectivity index (χ3v) is 5.54. The van der Waals surface area contributed by atoms with Gasteiger partial charge in [-0.25, -0.2) is 12.7 Å². The maximum atomic E-state index is 12.3. The maximum absolute atomic E-state index is 12.3. The number of sulfonamides is 1. The minimum Gasteiger partial charge on any atom is -0.378 e. The molecule has 0 unspecified atom stereocenters. The molecule has 0 amide bonds. The predicted molar refractivity (Wildman–Crippen MR) is 85.1 cm³/mol. The number of anilines is 1. The second kappa shape index (κ2) is 6.05. The largest absolute Gasteiger partial charge is 0.378 e. The lowest BCUT2D eigenvalue weighted by Crippen LogP contribution is -2.23. The quantitative estimate of drug-likeness (QED) is 0.897. The van der Waals surface area contributed by atoms with Crippen LogP contribution < -0.4 is 5.32 Å². The van der Waals surface area contributed by atoms with Crippen molar-refractivity contribution in [2.45, 2.75) is 25.3 Å². The van der Waals surface area contributed by atoms with Crippen molar-refractivity contribution in [3.05, 3.63) is 35.4 Å². The Morgan fingerprint density at radius 1 is 1.23 bits per heavy atom. The molecule has 1 heterocycles. The van der Waals surface area contributed by atoms with Gasteiger partial charge in [0.1, 0.15) is 5.82 Å². The molecule has 22 heavy (non-hydrogen) atoms. The standard InChI is InChI=1S/C14H21N5O2S/c1-10-6-7-12(8-13(10)22(20,21)18(3)4)15-9-14-17-16-11(2)19(14)5/h6-8,15H,9H2,1-5H3.